The standard InChI is InChI=1S/C28H28FNO3/c1-17-25(28(32)33-20-11-5-6-12-20)26(21-13-7-8-14-22(21)29)27-23(30-17)15-19(16-24(27)31)18-9-3-2-4-10-18/h2-4,7-10,13-14,19-20,26,30H,5-6,11-12,15-16H2,1H3/t19-,26-/m0/s1. The lowest BCUT2D eigenvalue weighted by Crippen LogP contribution is -2.37. The molecule has 1 fully saturated rings. The zero-order valence-electron chi connectivity index (χ0n) is 18.8. The van der Waals surface area contributed by atoms with Crippen molar-refractivity contribution in [3.63, 3.8) is 0 Å². The van der Waals surface area contributed by atoms with Crippen LogP contribution in [0, 0.1) is 5.82 Å². The fourth-order valence-electron chi connectivity index (χ4n) is 5.51. The third-order valence-corrected chi connectivity index (χ3v) is 7.11. The minimum Gasteiger partial charge on any atom is -0.459 e. The quantitative estimate of drug-likeness (QED) is 0.616. The van der Waals surface area contributed by atoms with Crippen LogP contribution in [-0.2, 0) is 14.3 Å². The number of benzene rings is 2. The number of esters is 1. The van der Waals surface area contributed by atoms with Crippen molar-refractivity contribution >= 4 is 11.8 Å². The Morgan fingerprint density at radius 3 is 2.42 bits per heavy atom. The second-order valence-corrected chi connectivity index (χ2v) is 9.26. The number of carbonyl (C=O) groups excluding carboxylic acids is 2. The molecule has 0 aromatic heterocycles. The molecule has 0 amide bonds. The van der Waals surface area contributed by atoms with Crippen LogP contribution in [0.3, 0.4) is 0 Å². The maximum atomic E-state index is 15.0. The van der Waals surface area contributed by atoms with Gasteiger partial charge in [-0.3, -0.25) is 4.79 Å². The Hall–Kier alpha value is -3.21. The SMILES string of the molecule is CC1=C(C(=O)OC2CCCC2)[C@H](c2ccccc2F)C2=C(C[C@H](c3ccccc3)CC2=O)N1. The fourth-order valence-corrected chi connectivity index (χ4v) is 5.51. The molecule has 0 radical (unpaired) electrons. The molecule has 4 nitrogen and oxygen atoms in total. The van der Waals surface area contributed by atoms with E-state index in [0.717, 1.165) is 36.9 Å². The number of Topliss-reactive ketones (excluding diaryl/α,β-unsaturated/α-hetero) is 1. The highest BCUT2D eigenvalue weighted by Crippen LogP contribution is 2.46. The van der Waals surface area contributed by atoms with Gasteiger partial charge in [0.15, 0.2) is 5.78 Å². The van der Waals surface area contributed by atoms with Gasteiger partial charge in [0.25, 0.3) is 0 Å². The van der Waals surface area contributed by atoms with Gasteiger partial charge >= 0.3 is 5.97 Å². The van der Waals surface area contributed by atoms with Crippen LogP contribution in [0.25, 0.3) is 0 Å². The Bertz CT molecular complexity index is 1140. The van der Waals surface area contributed by atoms with Crippen LogP contribution in [0.15, 0.2) is 77.1 Å². The Balaban J connectivity index is 1.56. The molecule has 5 rings (SSSR count). The lowest BCUT2D eigenvalue weighted by atomic mass is 9.71. The molecule has 2 atom stereocenters. The van der Waals surface area contributed by atoms with Gasteiger partial charge in [-0.25, -0.2) is 9.18 Å². The minimum absolute atomic E-state index is 0.0472. The maximum absolute atomic E-state index is 15.0. The van der Waals surface area contributed by atoms with E-state index in [2.05, 4.69) is 5.32 Å². The van der Waals surface area contributed by atoms with Crippen LogP contribution < -0.4 is 5.32 Å². The van der Waals surface area contributed by atoms with Crippen molar-refractivity contribution in [1.29, 1.82) is 0 Å². The van der Waals surface area contributed by atoms with Crippen molar-refractivity contribution in [1.82, 2.24) is 5.32 Å². The molecule has 0 unspecified atom stereocenters. The zero-order valence-corrected chi connectivity index (χ0v) is 18.8. The molecular formula is C28H28FNO3. The summed E-state index contributed by atoms with van der Waals surface area (Å²) in [6.07, 6.45) is 4.64. The summed E-state index contributed by atoms with van der Waals surface area (Å²) in [4.78, 5) is 26.9. The number of halogens is 1. The molecule has 5 heteroatoms. The highest BCUT2D eigenvalue weighted by Gasteiger charge is 2.42. The zero-order chi connectivity index (χ0) is 22.9. The number of ether oxygens (including phenoxy) is 1. The molecule has 0 spiro atoms. The third-order valence-electron chi connectivity index (χ3n) is 7.11. The second kappa shape index (κ2) is 8.97. The monoisotopic (exact) mass is 445 g/mol. The Morgan fingerprint density at radius 1 is 1.00 bits per heavy atom. The highest BCUT2D eigenvalue weighted by atomic mass is 19.1. The molecule has 1 saturated carbocycles. The normalized spacial score (nSPS) is 23.4. The topological polar surface area (TPSA) is 55.4 Å². The number of hydrogen-bond acceptors (Lipinski definition) is 4. The van der Waals surface area contributed by atoms with Crippen LogP contribution in [0.5, 0.6) is 0 Å². The first-order valence-electron chi connectivity index (χ1n) is 11.8. The van der Waals surface area contributed by atoms with E-state index in [1.54, 1.807) is 18.2 Å². The molecule has 2 aromatic rings. The van der Waals surface area contributed by atoms with Gasteiger partial charge in [0.05, 0.1) is 11.5 Å². The summed E-state index contributed by atoms with van der Waals surface area (Å²) in [7, 11) is 0. The molecule has 1 heterocycles. The van der Waals surface area contributed by atoms with E-state index in [4.69, 9.17) is 4.74 Å². The van der Waals surface area contributed by atoms with Gasteiger partial charge in [0.1, 0.15) is 11.9 Å². The first-order valence-corrected chi connectivity index (χ1v) is 11.8. The van der Waals surface area contributed by atoms with Crippen molar-refractivity contribution in [3.8, 4) is 0 Å². The molecule has 2 aliphatic carbocycles. The van der Waals surface area contributed by atoms with Crippen molar-refractivity contribution in [2.45, 2.75) is 63.4 Å². The smallest absolute Gasteiger partial charge is 0.337 e. The lowest BCUT2D eigenvalue weighted by Gasteiger charge is -2.37. The van der Waals surface area contributed by atoms with E-state index >= 15 is 4.39 Å². The average molecular weight is 446 g/mol. The molecule has 33 heavy (non-hydrogen) atoms. The van der Waals surface area contributed by atoms with Crippen molar-refractivity contribution in [2.75, 3.05) is 0 Å². The van der Waals surface area contributed by atoms with Gasteiger partial charge in [-0.15, -0.1) is 0 Å². The van der Waals surface area contributed by atoms with Crippen molar-refractivity contribution in [2.24, 2.45) is 0 Å². The van der Waals surface area contributed by atoms with E-state index in [1.165, 1.54) is 6.07 Å². The van der Waals surface area contributed by atoms with Crippen LogP contribution >= 0.6 is 0 Å². The van der Waals surface area contributed by atoms with Crippen molar-refractivity contribution < 1.29 is 18.7 Å². The first kappa shape index (κ1) is 21.6. The number of hydrogen-bond donors (Lipinski definition) is 1. The summed E-state index contributed by atoms with van der Waals surface area (Å²) < 4.78 is 20.9. The van der Waals surface area contributed by atoms with E-state index in [1.807, 2.05) is 37.3 Å². The average Bonchev–Trinajstić information content (AvgIpc) is 3.32. The number of rotatable bonds is 4. The summed E-state index contributed by atoms with van der Waals surface area (Å²) in [6, 6.07) is 16.4. The van der Waals surface area contributed by atoms with E-state index in [0.29, 0.717) is 35.2 Å². The lowest BCUT2D eigenvalue weighted by molar-refractivity contribution is -0.144. The Labute approximate surface area is 193 Å². The summed E-state index contributed by atoms with van der Waals surface area (Å²) >= 11 is 0. The predicted octanol–water partition coefficient (Wildman–Crippen LogP) is 5.67. The molecule has 170 valence electrons. The van der Waals surface area contributed by atoms with Gasteiger partial charge in [-0.1, -0.05) is 48.5 Å². The number of nitrogens with one attached hydrogen (secondary N) is 1. The van der Waals surface area contributed by atoms with Crippen LogP contribution in [0.4, 0.5) is 4.39 Å². The van der Waals surface area contributed by atoms with Gasteiger partial charge in [-0.05, 0) is 56.6 Å². The van der Waals surface area contributed by atoms with Gasteiger partial charge in [-0.2, -0.15) is 0 Å². The van der Waals surface area contributed by atoms with Crippen LogP contribution in [0.2, 0.25) is 0 Å². The molecule has 3 aliphatic rings. The largest absolute Gasteiger partial charge is 0.459 e. The van der Waals surface area contributed by atoms with Crippen LogP contribution in [-0.4, -0.2) is 17.9 Å². The van der Waals surface area contributed by atoms with Crippen LogP contribution in [0.1, 0.15) is 68.4 Å². The predicted molar refractivity (Wildman–Crippen MR) is 124 cm³/mol. The molecule has 0 bridgehead atoms. The molecule has 1 aliphatic heterocycles. The van der Waals surface area contributed by atoms with Gasteiger partial charge < -0.3 is 10.1 Å². The highest BCUT2D eigenvalue weighted by molar-refractivity contribution is 6.04. The van der Waals surface area contributed by atoms with Gasteiger partial charge in [0, 0.05) is 29.0 Å². The number of allylic oxidation sites excluding steroid dienone is 3. The molecular weight excluding hydrogens is 417 g/mol. The summed E-state index contributed by atoms with van der Waals surface area (Å²) in [6.45, 7) is 1.82. The third kappa shape index (κ3) is 4.12. The number of ketones is 1. The minimum atomic E-state index is -0.763. The summed E-state index contributed by atoms with van der Waals surface area (Å²) in [5, 5.41) is 3.34. The Kier molecular flexibility index (Phi) is 5.88. The van der Waals surface area contributed by atoms with E-state index < -0.39 is 17.7 Å². The molecule has 2 aromatic carbocycles. The van der Waals surface area contributed by atoms with E-state index in [9.17, 15) is 9.59 Å². The van der Waals surface area contributed by atoms with Gasteiger partial charge in [0.2, 0.25) is 0 Å². The molecule has 1 N–H and O–H groups in total. The maximum Gasteiger partial charge on any atom is 0.337 e. The van der Waals surface area contributed by atoms with Crippen molar-refractivity contribution in [3.05, 3.63) is 94.1 Å². The second-order valence-electron chi connectivity index (χ2n) is 9.26. The van der Waals surface area contributed by atoms with E-state index in [-0.39, 0.29) is 17.8 Å². The summed E-state index contributed by atoms with van der Waals surface area (Å²) in [5.74, 6) is -1.64. The number of dihydropyridines is 1. The first-order chi connectivity index (χ1) is 16.0. The molecule has 0 saturated heterocycles. The fraction of sp³-hybridized carbons (Fsp3) is 0.357. The number of carbonyl (C=O) groups is 2. The Morgan fingerprint density at radius 2 is 1.70 bits per heavy atom. The summed E-state index contributed by atoms with van der Waals surface area (Å²) in [5.41, 5.74) is 3.70.